The maximum atomic E-state index is 12.0. The molecule has 1 heterocycles. The van der Waals surface area contributed by atoms with Gasteiger partial charge in [0.1, 0.15) is 0 Å². The molecular formula is C19H21ClN4O. The van der Waals surface area contributed by atoms with E-state index in [-0.39, 0.29) is 5.91 Å². The molecule has 0 spiro atoms. The number of nitrogens with zero attached hydrogens (tertiary/aromatic N) is 3. The highest BCUT2D eigenvalue weighted by Gasteiger charge is 2.18. The number of hydrogen-bond acceptors (Lipinski definition) is 4. The lowest BCUT2D eigenvalue weighted by molar-refractivity contribution is -0.122. The molecule has 5 nitrogen and oxygen atoms in total. The smallest absolute Gasteiger partial charge is 0.254 e. The van der Waals surface area contributed by atoms with Crippen LogP contribution in [0.5, 0.6) is 0 Å². The number of halogens is 1. The molecule has 1 N–H and O–H groups in total. The van der Waals surface area contributed by atoms with E-state index in [1.54, 1.807) is 18.3 Å². The van der Waals surface area contributed by atoms with Crippen LogP contribution in [0.25, 0.3) is 0 Å². The van der Waals surface area contributed by atoms with Gasteiger partial charge in [-0.1, -0.05) is 41.9 Å². The number of nitrogens with one attached hydrogen (secondary N) is 1. The Labute approximate surface area is 152 Å². The van der Waals surface area contributed by atoms with E-state index >= 15 is 0 Å². The topological polar surface area (TPSA) is 47.9 Å². The summed E-state index contributed by atoms with van der Waals surface area (Å²) >= 11 is 5.83. The summed E-state index contributed by atoms with van der Waals surface area (Å²) in [5.74, 6) is -0.0987. The van der Waals surface area contributed by atoms with Gasteiger partial charge in [-0.3, -0.25) is 9.69 Å². The van der Waals surface area contributed by atoms with Gasteiger partial charge in [0.15, 0.2) is 0 Å². The van der Waals surface area contributed by atoms with Crippen molar-refractivity contribution in [2.75, 3.05) is 37.6 Å². The molecular weight excluding hydrogens is 336 g/mol. The van der Waals surface area contributed by atoms with Gasteiger partial charge in [0.2, 0.25) is 0 Å². The number of benzene rings is 2. The molecule has 2 aromatic carbocycles. The molecule has 0 atom stereocenters. The average molecular weight is 357 g/mol. The zero-order valence-electron chi connectivity index (χ0n) is 13.9. The molecule has 6 heteroatoms. The predicted molar refractivity (Wildman–Crippen MR) is 102 cm³/mol. The van der Waals surface area contributed by atoms with Crippen molar-refractivity contribution in [2.24, 2.45) is 5.10 Å². The second kappa shape index (κ2) is 8.65. The molecule has 2 aromatic rings. The van der Waals surface area contributed by atoms with Crippen LogP contribution in [-0.4, -0.2) is 49.7 Å². The summed E-state index contributed by atoms with van der Waals surface area (Å²) in [4.78, 5) is 16.5. The molecule has 0 radical (unpaired) electrons. The monoisotopic (exact) mass is 356 g/mol. The van der Waals surface area contributed by atoms with E-state index in [2.05, 4.69) is 32.5 Å². The van der Waals surface area contributed by atoms with Crippen LogP contribution in [0.1, 0.15) is 5.56 Å². The third kappa shape index (κ3) is 5.31. The maximum Gasteiger partial charge on any atom is 0.254 e. The molecule has 1 saturated heterocycles. The standard InChI is InChI=1S/C19H21ClN4O/c20-17-8-6-16(7-9-17)14-21-22-19(25)15-23-10-12-24(13-11-23)18-4-2-1-3-5-18/h1-9,14H,10-13,15H2,(H,22,25)/b21-14+. The van der Waals surface area contributed by atoms with Gasteiger partial charge in [0.25, 0.3) is 5.91 Å². The fourth-order valence-electron chi connectivity index (χ4n) is 2.77. The molecule has 1 fully saturated rings. The maximum absolute atomic E-state index is 12.0. The fraction of sp³-hybridized carbons (Fsp3) is 0.263. The Morgan fingerprint density at radius 3 is 2.40 bits per heavy atom. The minimum atomic E-state index is -0.0987. The van der Waals surface area contributed by atoms with E-state index in [0.29, 0.717) is 11.6 Å². The van der Waals surface area contributed by atoms with Gasteiger partial charge in [0.05, 0.1) is 12.8 Å². The SMILES string of the molecule is O=C(CN1CCN(c2ccccc2)CC1)N/N=C/c1ccc(Cl)cc1. The van der Waals surface area contributed by atoms with Crippen molar-refractivity contribution in [2.45, 2.75) is 0 Å². The number of carbonyl (C=O) groups excluding carboxylic acids is 1. The molecule has 130 valence electrons. The van der Waals surface area contributed by atoms with Crippen molar-refractivity contribution in [3.63, 3.8) is 0 Å². The zero-order chi connectivity index (χ0) is 17.5. The number of hydrogen-bond donors (Lipinski definition) is 1. The number of amides is 1. The number of anilines is 1. The summed E-state index contributed by atoms with van der Waals surface area (Å²) in [6, 6.07) is 17.6. The number of piperazine rings is 1. The molecule has 25 heavy (non-hydrogen) atoms. The summed E-state index contributed by atoms with van der Waals surface area (Å²) in [6.45, 7) is 3.93. The second-order valence-corrected chi connectivity index (χ2v) is 6.38. The van der Waals surface area contributed by atoms with Crippen molar-refractivity contribution >= 4 is 29.4 Å². The van der Waals surface area contributed by atoms with E-state index < -0.39 is 0 Å². The van der Waals surface area contributed by atoms with Gasteiger partial charge >= 0.3 is 0 Å². The Balaban J connectivity index is 1.41. The molecule has 0 aromatic heterocycles. The van der Waals surface area contributed by atoms with Gasteiger partial charge in [0, 0.05) is 36.9 Å². The van der Waals surface area contributed by atoms with E-state index in [0.717, 1.165) is 31.7 Å². The van der Waals surface area contributed by atoms with E-state index in [4.69, 9.17) is 11.6 Å². The first kappa shape index (κ1) is 17.5. The number of para-hydroxylation sites is 1. The van der Waals surface area contributed by atoms with Crippen LogP contribution in [0.2, 0.25) is 5.02 Å². The quantitative estimate of drug-likeness (QED) is 0.661. The third-order valence-corrected chi connectivity index (χ3v) is 4.39. The summed E-state index contributed by atoms with van der Waals surface area (Å²) in [5.41, 5.74) is 4.70. The molecule has 0 unspecified atom stereocenters. The number of rotatable bonds is 5. The van der Waals surface area contributed by atoms with Crippen LogP contribution in [-0.2, 0) is 4.79 Å². The lowest BCUT2D eigenvalue weighted by Crippen LogP contribution is -2.49. The minimum Gasteiger partial charge on any atom is -0.369 e. The Morgan fingerprint density at radius 2 is 1.72 bits per heavy atom. The highest BCUT2D eigenvalue weighted by molar-refractivity contribution is 6.30. The number of hydrazone groups is 1. The first-order chi connectivity index (χ1) is 12.2. The van der Waals surface area contributed by atoms with Crippen LogP contribution in [0.4, 0.5) is 5.69 Å². The van der Waals surface area contributed by atoms with Crippen LogP contribution in [0.3, 0.4) is 0 Å². The van der Waals surface area contributed by atoms with Crippen LogP contribution in [0, 0.1) is 0 Å². The Morgan fingerprint density at radius 1 is 1.04 bits per heavy atom. The third-order valence-electron chi connectivity index (χ3n) is 4.13. The highest BCUT2D eigenvalue weighted by Crippen LogP contribution is 2.15. The zero-order valence-corrected chi connectivity index (χ0v) is 14.7. The van der Waals surface area contributed by atoms with Gasteiger partial charge in [-0.2, -0.15) is 5.10 Å². The molecule has 3 rings (SSSR count). The predicted octanol–water partition coefficient (Wildman–Crippen LogP) is 2.61. The average Bonchev–Trinajstić information content (AvgIpc) is 2.65. The summed E-state index contributed by atoms with van der Waals surface area (Å²) in [7, 11) is 0. The van der Waals surface area contributed by atoms with E-state index in [1.807, 2.05) is 30.3 Å². The second-order valence-electron chi connectivity index (χ2n) is 5.94. The molecule has 1 amide bonds. The summed E-state index contributed by atoms with van der Waals surface area (Å²) in [5, 5.41) is 4.67. The first-order valence-corrected chi connectivity index (χ1v) is 8.68. The van der Waals surface area contributed by atoms with Gasteiger partial charge in [-0.25, -0.2) is 5.43 Å². The normalized spacial score (nSPS) is 15.5. The minimum absolute atomic E-state index is 0.0987. The molecule has 0 bridgehead atoms. The van der Waals surface area contributed by atoms with Crippen molar-refractivity contribution < 1.29 is 4.79 Å². The Kier molecular flexibility index (Phi) is 6.04. The largest absolute Gasteiger partial charge is 0.369 e. The lowest BCUT2D eigenvalue weighted by Gasteiger charge is -2.35. The van der Waals surface area contributed by atoms with Crippen LogP contribution < -0.4 is 10.3 Å². The molecule has 0 aliphatic carbocycles. The van der Waals surface area contributed by atoms with E-state index in [9.17, 15) is 4.79 Å². The van der Waals surface area contributed by atoms with E-state index in [1.165, 1.54) is 5.69 Å². The lowest BCUT2D eigenvalue weighted by atomic mass is 10.2. The fourth-order valence-corrected chi connectivity index (χ4v) is 2.90. The Bertz CT molecular complexity index is 710. The highest BCUT2D eigenvalue weighted by atomic mass is 35.5. The molecule has 1 aliphatic rings. The molecule has 0 saturated carbocycles. The number of carbonyl (C=O) groups is 1. The van der Waals surface area contributed by atoms with Gasteiger partial charge in [-0.15, -0.1) is 0 Å². The summed E-state index contributed by atoms with van der Waals surface area (Å²) in [6.07, 6.45) is 1.61. The van der Waals surface area contributed by atoms with Gasteiger partial charge in [-0.05, 0) is 29.8 Å². The first-order valence-electron chi connectivity index (χ1n) is 8.30. The Hall–Kier alpha value is -2.37. The molecule has 1 aliphatic heterocycles. The van der Waals surface area contributed by atoms with Crippen LogP contribution in [0.15, 0.2) is 59.7 Å². The van der Waals surface area contributed by atoms with Crippen molar-refractivity contribution in [1.29, 1.82) is 0 Å². The van der Waals surface area contributed by atoms with Crippen molar-refractivity contribution in [3.8, 4) is 0 Å². The van der Waals surface area contributed by atoms with Crippen LogP contribution >= 0.6 is 11.6 Å². The van der Waals surface area contributed by atoms with Gasteiger partial charge < -0.3 is 4.90 Å². The van der Waals surface area contributed by atoms with Crippen molar-refractivity contribution in [1.82, 2.24) is 10.3 Å². The van der Waals surface area contributed by atoms with Crippen molar-refractivity contribution in [3.05, 3.63) is 65.2 Å². The summed E-state index contributed by atoms with van der Waals surface area (Å²) < 4.78 is 0.